The number of aliphatic hydroxyl groups excluding tert-OH is 3. The molecule has 0 aliphatic carbocycles. The third kappa shape index (κ3) is 3.68. The molecule has 0 saturated carbocycles. The highest BCUT2D eigenvalue weighted by Gasteiger charge is 2.38. The SMILES string of the molecule is O=C(c1ccccc1)c1ccccc1S[C@@H]1SC[C@@H](O)[C@H](O)[C@H]1O. The van der Waals surface area contributed by atoms with Gasteiger partial charge in [0, 0.05) is 21.8 Å². The molecule has 4 atom stereocenters. The number of thioether (sulfide) groups is 2. The summed E-state index contributed by atoms with van der Waals surface area (Å²) in [6.07, 6.45) is -3.15. The summed E-state index contributed by atoms with van der Waals surface area (Å²) in [5.41, 5.74) is 1.18. The van der Waals surface area contributed by atoms with E-state index in [1.54, 1.807) is 18.2 Å². The van der Waals surface area contributed by atoms with Gasteiger partial charge < -0.3 is 15.3 Å². The van der Waals surface area contributed by atoms with E-state index in [4.69, 9.17) is 0 Å². The summed E-state index contributed by atoms with van der Waals surface area (Å²) in [5, 5.41) is 29.7. The zero-order valence-electron chi connectivity index (χ0n) is 12.8. The Morgan fingerprint density at radius 1 is 0.958 bits per heavy atom. The van der Waals surface area contributed by atoms with Gasteiger partial charge in [0.1, 0.15) is 12.2 Å². The lowest BCUT2D eigenvalue weighted by Crippen LogP contribution is -2.47. The van der Waals surface area contributed by atoms with Gasteiger partial charge in [0.25, 0.3) is 0 Å². The molecule has 4 nitrogen and oxygen atoms in total. The number of carbonyl (C=O) groups excluding carboxylic acids is 1. The zero-order valence-corrected chi connectivity index (χ0v) is 14.4. The predicted molar refractivity (Wildman–Crippen MR) is 96.4 cm³/mol. The van der Waals surface area contributed by atoms with Crippen molar-refractivity contribution >= 4 is 29.3 Å². The molecule has 0 bridgehead atoms. The Labute approximate surface area is 148 Å². The van der Waals surface area contributed by atoms with Gasteiger partial charge in [-0.25, -0.2) is 0 Å². The van der Waals surface area contributed by atoms with Crippen molar-refractivity contribution in [2.75, 3.05) is 5.75 Å². The van der Waals surface area contributed by atoms with Crippen LogP contribution in [0.4, 0.5) is 0 Å². The Kier molecular flexibility index (Phi) is 5.63. The van der Waals surface area contributed by atoms with Crippen molar-refractivity contribution in [3.63, 3.8) is 0 Å². The standard InChI is InChI=1S/C18H18O4S2/c19-13-10-23-18(17(22)16(13)21)24-14-9-5-4-8-12(14)15(20)11-6-2-1-3-7-11/h1-9,13,16-19,21-22H,10H2/t13-,16+,17-,18+/m1/s1. The molecule has 0 amide bonds. The molecule has 1 fully saturated rings. The molecule has 2 aromatic rings. The van der Waals surface area contributed by atoms with Crippen LogP contribution >= 0.6 is 23.5 Å². The van der Waals surface area contributed by atoms with Crippen molar-refractivity contribution in [2.24, 2.45) is 0 Å². The number of benzene rings is 2. The van der Waals surface area contributed by atoms with Crippen LogP contribution in [0.25, 0.3) is 0 Å². The molecule has 24 heavy (non-hydrogen) atoms. The number of ketones is 1. The molecule has 0 aromatic heterocycles. The van der Waals surface area contributed by atoms with Crippen molar-refractivity contribution in [3.05, 3.63) is 65.7 Å². The lowest BCUT2D eigenvalue weighted by atomic mass is 10.0. The van der Waals surface area contributed by atoms with Crippen LogP contribution in [-0.2, 0) is 0 Å². The summed E-state index contributed by atoms with van der Waals surface area (Å²) in [4.78, 5) is 13.5. The van der Waals surface area contributed by atoms with E-state index < -0.39 is 18.3 Å². The third-order valence-corrected chi connectivity index (χ3v) is 6.82. The molecule has 0 unspecified atom stereocenters. The molecule has 2 aromatic carbocycles. The summed E-state index contributed by atoms with van der Waals surface area (Å²) >= 11 is 2.73. The highest BCUT2D eigenvalue weighted by Crippen LogP contribution is 2.40. The van der Waals surface area contributed by atoms with Crippen molar-refractivity contribution in [1.82, 2.24) is 0 Å². The van der Waals surface area contributed by atoms with Crippen LogP contribution < -0.4 is 0 Å². The second-order valence-electron chi connectivity index (χ2n) is 5.56. The highest BCUT2D eigenvalue weighted by molar-refractivity contribution is 8.17. The number of carbonyl (C=O) groups is 1. The fourth-order valence-corrected chi connectivity index (χ4v) is 5.27. The first-order chi connectivity index (χ1) is 11.6. The van der Waals surface area contributed by atoms with E-state index >= 15 is 0 Å². The molecule has 3 rings (SSSR count). The minimum absolute atomic E-state index is 0.0745. The minimum Gasteiger partial charge on any atom is -0.389 e. The molecule has 1 saturated heterocycles. The number of hydrogen-bond donors (Lipinski definition) is 3. The van der Waals surface area contributed by atoms with Gasteiger partial charge in [0.2, 0.25) is 0 Å². The van der Waals surface area contributed by atoms with Crippen LogP contribution in [0, 0.1) is 0 Å². The fraction of sp³-hybridized carbons (Fsp3) is 0.278. The highest BCUT2D eigenvalue weighted by atomic mass is 32.2. The monoisotopic (exact) mass is 362 g/mol. The normalized spacial score (nSPS) is 27.0. The molecule has 0 spiro atoms. The first-order valence-electron chi connectivity index (χ1n) is 7.59. The largest absolute Gasteiger partial charge is 0.389 e. The van der Waals surface area contributed by atoms with Gasteiger partial charge in [-0.15, -0.1) is 23.5 Å². The van der Waals surface area contributed by atoms with E-state index in [2.05, 4.69) is 0 Å². The molecule has 126 valence electrons. The maximum atomic E-state index is 12.7. The van der Waals surface area contributed by atoms with E-state index in [1.165, 1.54) is 23.5 Å². The van der Waals surface area contributed by atoms with Gasteiger partial charge in [-0.2, -0.15) is 0 Å². The lowest BCUT2D eigenvalue weighted by Gasteiger charge is -2.34. The van der Waals surface area contributed by atoms with E-state index in [1.807, 2.05) is 36.4 Å². The molecular formula is C18H18O4S2. The van der Waals surface area contributed by atoms with Crippen LogP contribution in [0.15, 0.2) is 59.5 Å². The molecule has 1 aliphatic heterocycles. The van der Waals surface area contributed by atoms with E-state index in [9.17, 15) is 20.1 Å². The Balaban J connectivity index is 1.84. The quantitative estimate of drug-likeness (QED) is 0.724. The van der Waals surface area contributed by atoms with Crippen LogP contribution in [0.3, 0.4) is 0 Å². The lowest BCUT2D eigenvalue weighted by molar-refractivity contribution is -0.0474. The van der Waals surface area contributed by atoms with Gasteiger partial charge in [-0.05, 0) is 12.1 Å². The fourth-order valence-electron chi connectivity index (χ4n) is 2.51. The summed E-state index contributed by atoms with van der Waals surface area (Å²) < 4.78 is -0.340. The Bertz CT molecular complexity index is 707. The zero-order chi connectivity index (χ0) is 17.1. The topological polar surface area (TPSA) is 77.8 Å². The molecule has 1 heterocycles. The maximum absolute atomic E-state index is 12.7. The maximum Gasteiger partial charge on any atom is 0.194 e. The van der Waals surface area contributed by atoms with Gasteiger partial charge >= 0.3 is 0 Å². The van der Waals surface area contributed by atoms with Gasteiger partial charge in [0.15, 0.2) is 5.78 Å². The van der Waals surface area contributed by atoms with Gasteiger partial charge in [-0.1, -0.05) is 42.5 Å². The average molecular weight is 362 g/mol. The number of aliphatic hydroxyl groups is 3. The summed E-state index contributed by atoms with van der Waals surface area (Å²) in [5.74, 6) is 0.277. The van der Waals surface area contributed by atoms with E-state index in [0.717, 1.165) is 4.90 Å². The average Bonchev–Trinajstić information content (AvgIpc) is 2.63. The number of hydrogen-bond acceptors (Lipinski definition) is 6. The first kappa shape index (κ1) is 17.5. The summed E-state index contributed by atoms with van der Waals surface area (Å²) in [7, 11) is 0. The minimum atomic E-state index is -1.17. The van der Waals surface area contributed by atoms with E-state index in [0.29, 0.717) is 16.9 Å². The van der Waals surface area contributed by atoms with Crippen molar-refractivity contribution < 1.29 is 20.1 Å². The second kappa shape index (κ2) is 7.72. The third-order valence-electron chi connectivity index (χ3n) is 3.87. The molecule has 6 heteroatoms. The Hall–Kier alpha value is -1.31. The van der Waals surface area contributed by atoms with Crippen molar-refractivity contribution in [2.45, 2.75) is 27.8 Å². The molecule has 0 radical (unpaired) electrons. The molecule has 1 aliphatic rings. The van der Waals surface area contributed by atoms with Crippen LogP contribution in [-0.4, -0.2) is 49.7 Å². The summed E-state index contributed by atoms with van der Waals surface area (Å²) in [6, 6.07) is 16.3. The van der Waals surface area contributed by atoms with Crippen LogP contribution in [0.2, 0.25) is 0 Å². The second-order valence-corrected chi connectivity index (χ2v) is 8.22. The number of rotatable bonds is 4. The van der Waals surface area contributed by atoms with Gasteiger partial charge in [0.05, 0.1) is 10.7 Å². The Morgan fingerprint density at radius 2 is 1.62 bits per heavy atom. The van der Waals surface area contributed by atoms with Gasteiger partial charge in [-0.3, -0.25) is 4.79 Å². The van der Waals surface area contributed by atoms with Crippen molar-refractivity contribution in [1.29, 1.82) is 0 Å². The Morgan fingerprint density at radius 3 is 2.38 bits per heavy atom. The molecular weight excluding hydrogens is 344 g/mol. The van der Waals surface area contributed by atoms with E-state index in [-0.39, 0.29) is 10.4 Å². The smallest absolute Gasteiger partial charge is 0.194 e. The first-order valence-corrected chi connectivity index (χ1v) is 9.52. The predicted octanol–water partition coefficient (Wildman–Crippen LogP) is 2.17. The molecule has 3 N–H and O–H groups in total. The van der Waals surface area contributed by atoms with Crippen LogP contribution in [0.1, 0.15) is 15.9 Å². The summed E-state index contributed by atoms with van der Waals surface area (Å²) in [6.45, 7) is 0. The van der Waals surface area contributed by atoms with Crippen molar-refractivity contribution in [3.8, 4) is 0 Å². The van der Waals surface area contributed by atoms with Crippen LogP contribution in [0.5, 0.6) is 0 Å².